The molecule has 2 nitrogen and oxygen atoms in total. The molecule has 2 aromatic rings. The molecular formula is C11H10Cl2N2S. The van der Waals surface area contributed by atoms with E-state index in [2.05, 4.69) is 23.3 Å². The molecule has 0 aliphatic carbocycles. The van der Waals surface area contributed by atoms with Gasteiger partial charge in [0.2, 0.25) is 0 Å². The van der Waals surface area contributed by atoms with Crippen molar-refractivity contribution in [3.8, 4) is 11.3 Å². The predicted octanol–water partition coefficient (Wildman–Crippen LogP) is 4.47. The molecule has 0 fully saturated rings. The zero-order chi connectivity index (χ0) is 11.7. The summed E-state index contributed by atoms with van der Waals surface area (Å²) in [4.78, 5) is 5.64. The largest absolute Gasteiger partial charge is 0.372 e. The molecule has 1 N–H and O–H groups in total. The summed E-state index contributed by atoms with van der Waals surface area (Å²) in [5, 5.41) is 6.08. The van der Waals surface area contributed by atoms with Gasteiger partial charge in [0.15, 0.2) is 0 Å². The van der Waals surface area contributed by atoms with Gasteiger partial charge in [-0.25, -0.2) is 4.98 Å². The molecule has 0 spiro atoms. The third-order valence-electron chi connectivity index (χ3n) is 2.17. The summed E-state index contributed by atoms with van der Waals surface area (Å²) in [6, 6.07) is 3.77. The first-order valence-corrected chi connectivity index (χ1v) is 6.34. The lowest BCUT2D eigenvalue weighted by Crippen LogP contribution is -1.95. The van der Waals surface area contributed by atoms with E-state index in [9.17, 15) is 0 Å². The number of thiophene rings is 1. The fourth-order valence-electron chi connectivity index (χ4n) is 1.41. The first-order chi connectivity index (χ1) is 7.61. The second-order valence-electron chi connectivity index (χ2n) is 3.35. The fraction of sp³-hybridized carbons (Fsp3) is 0.182. The van der Waals surface area contributed by atoms with Gasteiger partial charge < -0.3 is 5.32 Å². The third kappa shape index (κ3) is 2.17. The molecule has 0 aliphatic rings. The molecule has 0 radical (unpaired) electrons. The molecular weight excluding hydrogens is 263 g/mol. The van der Waals surface area contributed by atoms with Crippen LogP contribution in [-0.4, -0.2) is 12.0 Å². The smallest absolute Gasteiger partial charge is 0.145 e. The maximum absolute atomic E-state index is 6.13. The Labute approximate surface area is 108 Å². The van der Waals surface area contributed by atoms with E-state index in [1.807, 2.05) is 5.38 Å². The summed E-state index contributed by atoms with van der Waals surface area (Å²) < 4.78 is 0. The van der Waals surface area contributed by atoms with Gasteiger partial charge in [-0.2, -0.15) is 0 Å². The fourth-order valence-corrected chi connectivity index (χ4v) is 2.66. The number of anilines is 1. The van der Waals surface area contributed by atoms with Gasteiger partial charge in [0.25, 0.3) is 0 Å². The van der Waals surface area contributed by atoms with Crippen LogP contribution in [0.4, 0.5) is 5.82 Å². The minimum Gasteiger partial charge on any atom is -0.372 e. The lowest BCUT2D eigenvalue weighted by Gasteiger charge is -2.07. The molecule has 0 amide bonds. The van der Waals surface area contributed by atoms with Crippen LogP contribution in [-0.2, 0) is 0 Å². The van der Waals surface area contributed by atoms with Crippen molar-refractivity contribution in [2.45, 2.75) is 6.92 Å². The molecule has 2 rings (SSSR count). The highest BCUT2D eigenvalue weighted by atomic mass is 35.5. The highest BCUT2D eigenvalue weighted by Gasteiger charge is 2.11. The highest BCUT2D eigenvalue weighted by molar-refractivity contribution is 7.10. The topological polar surface area (TPSA) is 24.9 Å². The molecule has 0 aromatic carbocycles. The van der Waals surface area contributed by atoms with Gasteiger partial charge >= 0.3 is 0 Å². The lowest BCUT2D eigenvalue weighted by molar-refractivity contribution is 1.29. The van der Waals surface area contributed by atoms with E-state index in [0.717, 1.165) is 11.3 Å². The Hall–Kier alpha value is -0.770. The SMILES string of the molecule is CNc1nc(-c2csc(C)c2)c(Cl)cc1Cl. The maximum Gasteiger partial charge on any atom is 0.145 e. The first-order valence-electron chi connectivity index (χ1n) is 4.71. The van der Waals surface area contributed by atoms with Crippen LogP contribution in [0, 0.1) is 6.92 Å². The van der Waals surface area contributed by atoms with E-state index in [1.165, 1.54) is 4.88 Å². The summed E-state index contributed by atoms with van der Waals surface area (Å²) in [7, 11) is 1.78. The van der Waals surface area contributed by atoms with Crippen LogP contribution in [0.3, 0.4) is 0 Å². The molecule has 2 aromatic heterocycles. The summed E-state index contributed by atoms with van der Waals surface area (Å²) in [5.41, 5.74) is 1.79. The zero-order valence-electron chi connectivity index (χ0n) is 8.84. The van der Waals surface area contributed by atoms with Crippen LogP contribution < -0.4 is 5.32 Å². The Balaban J connectivity index is 2.56. The molecule has 0 bridgehead atoms. The highest BCUT2D eigenvalue weighted by Crippen LogP contribution is 2.34. The van der Waals surface area contributed by atoms with Crippen LogP contribution in [0.2, 0.25) is 10.0 Å². The Morgan fingerprint density at radius 1 is 1.25 bits per heavy atom. The van der Waals surface area contributed by atoms with Gasteiger partial charge in [0.1, 0.15) is 5.82 Å². The van der Waals surface area contributed by atoms with Crippen molar-refractivity contribution in [1.29, 1.82) is 0 Å². The van der Waals surface area contributed by atoms with E-state index in [4.69, 9.17) is 23.2 Å². The number of hydrogen-bond donors (Lipinski definition) is 1. The Bertz CT molecular complexity index is 523. The van der Waals surface area contributed by atoms with Crippen molar-refractivity contribution in [3.63, 3.8) is 0 Å². The molecule has 0 aliphatic heterocycles. The number of hydrogen-bond acceptors (Lipinski definition) is 3. The second-order valence-corrected chi connectivity index (χ2v) is 5.28. The number of aryl methyl sites for hydroxylation is 1. The van der Waals surface area contributed by atoms with Gasteiger partial charge in [0.05, 0.1) is 15.7 Å². The van der Waals surface area contributed by atoms with Crippen LogP contribution in [0.15, 0.2) is 17.5 Å². The van der Waals surface area contributed by atoms with Gasteiger partial charge in [0, 0.05) is 22.9 Å². The van der Waals surface area contributed by atoms with Crippen molar-refractivity contribution in [2.24, 2.45) is 0 Å². The minimum absolute atomic E-state index is 0.531. The standard InChI is InChI=1S/C11H10Cl2N2S/c1-6-3-7(5-16-6)10-8(12)4-9(13)11(14-2)15-10/h3-5H,1-2H3,(H,14,15). The molecule has 84 valence electrons. The number of pyridine rings is 1. The normalized spacial score (nSPS) is 10.5. The van der Waals surface area contributed by atoms with E-state index in [-0.39, 0.29) is 0 Å². The summed E-state index contributed by atoms with van der Waals surface area (Å²) in [6.45, 7) is 2.05. The van der Waals surface area contributed by atoms with Gasteiger partial charge in [-0.15, -0.1) is 11.3 Å². The number of nitrogens with zero attached hydrogens (tertiary/aromatic N) is 1. The van der Waals surface area contributed by atoms with Crippen molar-refractivity contribution < 1.29 is 0 Å². The average Bonchev–Trinajstić information content (AvgIpc) is 2.65. The third-order valence-corrected chi connectivity index (χ3v) is 3.61. The molecule has 0 atom stereocenters. The quantitative estimate of drug-likeness (QED) is 0.873. The number of aromatic nitrogens is 1. The van der Waals surface area contributed by atoms with E-state index >= 15 is 0 Å². The minimum atomic E-state index is 0.531. The molecule has 0 unspecified atom stereocenters. The van der Waals surface area contributed by atoms with E-state index in [0.29, 0.717) is 15.9 Å². The Morgan fingerprint density at radius 3 is 2.56 bits per heavy atom. The van der Waals surface area contributed by atoms with Gasteiger partial charge in [-0.3, -0.25) is 0 Å². The second kappa shape index (κ2) is 4.62. The summed E-state index contributed by atoms with van der Waals surface area (Å²) in [6.07, 6.45) is 0. The van der Waals surface area contributed by atoms with Crippen molar-refractivity contribution in [3.05, 3.63) is 32.4 Å². The lowest BCUT2D eigenvalue weighted by atomic mass is 10.2. The van der Waals surface area contributed by atoms with Crippen LogP contribution in [0.5, 0.6) is 0 Å². The number of nitrogens with one attached hydrogen (secondary N) is 1. The van der Waals surface area contributed by atoms with E-state index < -0.39 is 0 Å². The Morgan fingerprint density at radius 2 is 2.00 bits per heavy atom. The van der Waals surface area contributed by atoms with Gasteiger partial charge in [-0.05, 0) is 19.1 Å². The summed E-state index contributed by atoms with van der Waals surface area (Å²) in [5.74, 6) is 0.643. The van der Waals surface area contributed by atoms with Gasteiger partial charge in [-0.1, -0.05) is 23.2 Å². The Kier molecular flexibility index (Phi) is 3.38. The predicted molar refractivity (Wildman–Crippen MR) is 71.9 cm³/mol. The summed E-state index contributed by atoms with van der Waals surface area (Å²) >= 11 is 13.8. The van der Waals surface area contributed by atoms with Crippen molar-refractivity contribution in [1.82, 2.24) is 4.98 Å². The van der Waals surface area contributed by atoms with Crippen LogP contribution in [0.25, 0.3) is 11.3 Å². The van der Waals surface area contributed by atoms with E-state index in [1.54, 1.807) is 24.5 Å². The monoisotopic (exact) mass is 272 g/mol. The van der Waals surface area contributed by atoms with Crippen molar-refractivity contribution in [2.75, 3.05) is 12.4 Å². The maximum atomic E-state index is 6.13. The molecule has 0 saturated heterocycles. The average molecular weight is 273 g/mol. The molecule has 0 saturated carbocycles. The number of halogens is 2. The zero-order valence-corrected chi connectivity index (χ0v) is 11.2. The number of rotatable bonds is 2. The molecule has 16 heavy (non-hydrogen) atoms. The first kappa shape index (κ1) is 11.7. The molecule has 5 heteroatoms. The van der Waals surface area contributed by atoms with Crippen LogP contribution in [0.1, 0.15) is 4.88 Å². The van der Waals surface area contributed by atoms with Crippen molar-refractivity contribution >= 4 is 40.4 Å². The van der Waals surface area contributed by atoms with Crippen LogP contribution >= 0.6 is 34.5 Å². The molecule has 2 heterocycles.